The van der Waals surface area contributed by atoms with Gasteiger partial charge in [-0.2, -0.15) is 5.26 Å². The summed E-state index contributed by atoms with van der Waals surface area (Å²) >= 11 is 0. The second-order valence-corrected chi connectivity index (χ2v) is 5.63. The first-order chi connectivity index (χ1) is 8.48. The Kier molecular flexibility index (Phi) is 5.07. The lowest BCUT2D eigenvalue weighted by Crippen LogP contribution is -2.29. The van der Waals surface area contributed by atoms with Gasteiger partial charge in [-0.1, -0.05) is 6.92 Å². The number of nitrogens with one attached hydrogen (secondary N) is 2. The van der Waals surface area contributed by atoms with E-state index in [1.165, 1.54) is 0 Å². The van der Waals surface area contributed by atoms with Gasteiger partial charge in [0.25, 0.3) is 0 Å². The van der Waals surface area contributed by atoms with Crippen molar-refractivity contribution >= 4 is 15.8 Å². The smallest absolute Gasteiger partial charge is 0.213 e. The monoisotopic (exact) mass is 268 g/mol. The molecule has 0 aliphatic rings. The van der Waals surface area contributed by atoms with Crippen molar-refractivity contribution in [1.82, 2.24) is 9.71 Å². The molecule has 0 amide bonds. The van der Waals surface area contributed by atoms with Crippen molar-refractivity contribution in [2.75, 3.05) is 24.2 Å². The van der Waals surface area contributed by atoms with Crippen LogP contribution in [0.5, 0.6) is 0 Å². The quantitative estimate of drug-likeness (QED) is 0.788. The molecule has 0 fully saturated rings. The van der Waals surface area contributed by atoms with Crippen LogP contribution in [0, 0.1) is 18.3 Å². The van der Waals surface area contributed by atoms with E-state index < -0.39 is 10.0 Å². The van der Waals surface area contributed by atoms with Gasteiger partial charge >= 0.3 is 0 Å². The summed E-state index contributed by atoms with van der Waals surface area (Å²) in [5, 5.41) is 11.8. The Morgan fingerprint density at radius 3 is 2.78 bits per heavy atom. The lowest BCUT2D eigenvalue weighted by molar-refractivity contribution is 0.584. The highest BCUT2D eigenvalue weighted by atomic mass is 32.2. The molecule has 0 aliphatic carbocycles. The van der Waals surface area contributed by atoms with E-state index >= 15 is 0 Å². The predicted octanol–water partition coefficient (Wildman–Crippen LogP) is 0.613. The fourth-order valence-electron chi connectivity index (χ4n) is 1.38. The number of nitrogens with zero attached hydrogens (tertiary/aromatic N) is 2. The second-order valence-electron chi connectivity index (χ2n) is 3.70. The number of pyridine rings is 1. The fraction of sp³-hybridized carbons (Fsp3) is 0.455. The Labute approximate surface area is 107 Å². The fourth-order valence-corrected chi connectivity index (χ4v) is 2.33. The summed E-state index contributed by atoms with van der Waals surface area (Å²) in [7, 11) is -3.25. The molecule has 1 heterocycles. The van der Waals surface area contributed by atoms with E-state index in [1.807, 2.05) is 13.0 Å². The van der Waals surface area contributed by atoms with Crippen LogP contribution in [0.25, 0.3) is 0 Å². The lowest BCUT2D eigenvalue weighted by atomic mass is 10.2. The molecule has 6 nitrogen and oxygen atoms in total. The molecule has 0 saturated heterocycles. The van der Waals surface area contributed by atoms with Crippen LogP contribution in [0.1, 0.15) is 18.2 Å². The first-order valence-electron chi connectivity index (χ1n) is 5.57. The van der Waals surface area contributed by atoms with Crippen LogP contribution in [-0.2, 0) is 10.0 Å². The van der Waals surface area contributed by atoms with Gasteiger partial charge < -0.3 is 5.32 Å². The molecular formula is C11H16N4O2S. The standard InChI is InChI=1S/C11H16N4O2S/c1-3-14-18(16,17)7-6-13-11-10(8-12)5-4-9(2)15-11/h4-5,14H,3,6-7H2,1-2H3,(H,13,15). The molecule has 1 rings (SSSR count). The molecule has 0 unspecified atom stereocenters. The van der Waals surface area contributed by atoms with E-state index in [2.05, 4.69) is 15.0 Å². The molecule has 0 aromatic carbocycles. The van der Waals surface area contributed by atoms with Crippen molar-refractivity contribution in [3.8, 4) is 6.07 Å². The van der Waals surface area contributed by atoms with Gasteiger partial charge in [0, 0.05) is 18.8 Å². The number of sulfonamides is 1. The summed E-state index contributed by atoms with van der Waals surface area (Å²) in [5.41, 5.74) is 1.17. The summed E-state index contributed by atoms with van der Waals surface area (Å²) in [6.07, 6.45) is 0. The van der Waals surface area contributed by atoms with Gasteiger partial charge in [-0.15, -0.1) is 0 Å². The summed E-state index contributed by atoms with van der Waals surface area (Å²) in [6, 6.07) is 5.40. The van der Waals surface area contributed by atoms with Gasteiger partial charge in [0.2, 0.25) is 10.0 Å². The van der Waals surface area contributed by atoms with Gasteiger partial charge in [-0.25, -0.2) is 18.1 Å². The predicted molar refractivity (Wildman–Crippen MR) is 69.6 cm³/mol. The largest absolute Gasteiger partial charge is 0.368 e. The minimum absolute atomic E-state index is 0.0542. The molecule has 0 saturated carbocycles. The highest BCUT2D eigenvalue weighted by Gasteiger charge is 2.09. The van der Waals surface area contributed by atoms with E-state index in [9.17, 15) is 8.42 Å². The Bertz CT molecular complexity index is 549. The maximum absolute atomic E-state index is 11.4. The van der Waals surface area contributed by atoms with Crippen LogP contribution in [0.4, 0.5) is 5.82 Å². The van der Waals surface area contributed by atoms with Gasteiger partial charge in [0.15, 0.2) is 0 Å². The van der Waals surface area contributed by atoms with Crippen LogP contribution in [0.2, 0.25) is 0 Å². The van der Waals surface area contributed by atoms with Crippen molar-refractivity contribution in [3.05, 3.63) is 23.4 Å². The third kappa shape index (κ3) is 4.31. The van der Waals surface area contributed by atoms with Gasteiger partial charge in [0.1, 0.15) is 11.9 Å². The number of hydrogen-bond donors (Lipinski definition) is 2. The summed E-state index contributed by atoms with van der Waals surface area (Å²) in [4.78, 5) is 4.16. The average Bonchev–Trinajstić information content (AvgIpc) is 2.29. The lowest BCUT2D eigenvalue weighted by Gasteiger charge is -2.08. The third-order valence-corrected chi connectivity index (χ3v) is 3.65. The Morgan fingerprint density at radius 2 is 2.17 bits per heavy atom. The molecule has 18 heavy (non-hydrogen) atoms. The zero-order valence-electron chi connectivity index (χ0n) is 10.4. The van der Waals surface area contributed by atoms with E-state index in [1.54, 1.807) is 19.1 Å². The van der Waals surface area contributed by atoms with Crippen LogP contribution in [-0.4, -0.2) is 32.2 Å². The molecule has 2 N–H and O–H groups in total. The summed E-state index contributed by atoms with van der Waals surface area (Å²) in [6.45, 7) is 4.11. The Hall–Kier alpha value is -1.65. The van der Waals surface area contributed by atoms with Crippen molar-refractivity contribution in [1.29, 1.82) is 5.26 Å². The molecule has 7 heteroatoms. The minimum Gasteiger partial charge on any atom is -0.368 e. The van der Waals surface area contributed by atoms with E-state index in [0.717, 1.165) is 5.69 Å². The molecular weight excluding hydrogens is 252 g/mol. The maximum Gasteiger partial charge on any atom is 0.213 e. The zero-order chi connectivity index (χ0) is 13.6. The molecule has 0 aliphatic heterocycles. The molecule has 98 valence electrons. The normalized spacial score (nSPS) is 10.9. The highest BCUT2D eigenvalue weighted by Crippen LogP contribution is 2.11. The molecule has 1 aromatic heterocycles. The zero-order valence-corrected chi connectivity index (χ0v) is 11.2. The number of rotatable bonds is 6. The number of nitriles is 1. The van der Waals surface area contributed by atoms with Crippen molar-refractivity contribution in [3.63, 3.8) is 0 Å². The van der Waals surface area contributed by atoms with Gasteiger partial charge in [0.05, 0.1) is 11.3 Å². The van der Waals surface area contributed by atoms with E-state index in [4.69, 9.17) is 5.26 Å². The molecule has 0 spiro atoms. The van der Waals surface area contributed by atoms with Crippen molar-refractivity contribution in [2.24, 2.45) is 0 Å². The van der Waals surface area contributed by atoms with Crippen LogP contribution in [0.3, 0.4) is 0 Å². The minimum atomic E-state index is -3.25. The maximum atomic E-state index is 11.4. The van der Waals surface area contributed by atoms with E-state index in [-0.39, 0.29) is 12.3 Å². The van der Waals surface area contributed by atoms with Crippen LogP contribution < -0.4 is 10.0 Å². The van der Waals surface area contributed by atoms with Crippen LogP contribution >= 0.6 is 0 Å². The number of aromatic nitrogens is 1. The summed E-state index contributed by atoms with van der Waals surface area (Å²) in [5.74, 6) is 0.366. The van der Waals surface area contributed by atoms with Crippen molar-refractivity contribution in [2.45, 2.75) is 13.8 Å². The first kappa shape index (κ1) is 14.4. The Balaban J connectivity index is 2.65. The van der Waals surface area contributed by atoms with E-state index in [0.29, 0.717) is 17.9 Å². The molecule has 1 aromatic rings. The highest BCUT2D eigenvalue weighted by molar-refractivity contribution is 7.89. The second kappa shape index (κ2) is 6.33. The number of aryl methyl sites for hydroxylation is 1. The van der Waals surface area contributed by atoms with Gasteiger partial charge in [-0.3, -0.25) is 0 Å². The topological polar surface area (TPSA) is 94.9 Å². The van der Waals surface area contributed by atoms with Crippen molar-refractivity contribution < 1.29 is 8.42 Å². The number of anilines is 1. The van der Waals surface area contributed by atoms with Crippen LogP contribution in [0.15, 0.2) is 12.1 Å². The number of hydrogen-bond acceptors (Lipinski definition) is 5. The molecule has 0 radical (unpaired) electrons. The SMILES string of the molecule is CCNS(=O)(=O)CCNc1nc(C)ccc1C#N. The molecule has 0 atom stereocenters. The Morgan fingerprint density at radius 1 is 1.44 bits per heavy atom. The average molecular weight is 268 g/mol. The molecule has 0 bridgehead atoms. The van der Waals surface area contributed by atoms with Gasteiger partial charge in [-0.05, 0) is 19.1 Å². The summed E-state index contributed by atoms with van der Waals surface area (Å²) < 4.78 is 25.2. The first-order valence-corrected chi connectivity index (χ1v) is 7.22. The third-order valence-electron chi connectivity index (χ3n) is 2.18.